The van der Waals surface area contributed by atoms with Gasteiger partial charge in [0.05, 0.1) is 5.69 Å². The highest BCUT2D eigenvalue weighted by molar-refractivity contribution is 5.69. The van der Waals surface area contributed by atoms with Crippen LogP contribution in [0.15, 0.2) is 72.8 Å². The van der Waals surface area contributed by atoms with Crippen molar-refractivity contribution in [3.8, 4) is 11.1 Å². The zero-order valence-electron chi connectivity index (χ0n) is 12.8. The number of hydrogen-bond donors (Lipinski definition) is 0. The summed E-state index contributed by atoms with van der Waals surface area (Å²) in [4.78, 5) is 1.86. The van der Waals surface area contributed by atoms with Gasteiger partial charge >= 0.3 is 0 Å². The second-order valence-electron chi connectivity index (χ2n) is 5.42. The van der Waals surface area contributed by atoms with Crippen LogP contribution in [0.25, 0.3) is 11.1 Å². The van der Waals surface area contributed by atoms with Crippen molar-refractivity contribution in [3.63, 3.8) is 0 Å². The van der Waals surface area contributed by atoms with Crippen LogP contribution in [0, 0.1) is 12.7 Å². The minimum atomic E-state index is -0.215. The molecule has 0 saturated heterocycles. The molecular formula is C20H18FN. The highest BCUT2D eigenvalue weighted by atomic mass is 19.1. The Morgan fingerprint density at radius 1 is 0.727 bits per heavy atom. The van der Waals surface area contributed by atoms with Gasteiger partial charge in [0.25, 0.3) is 0 Å². The Morgan fingerprint density at radius 2 is 1.27 bits per heavy atom. The summed E-state index contributed by atoms with van der Waals surface area (Å²) in [6, 6.07) is 23.4. The van der Waals surface area contributed by atoms with Crippen LogP contribution in [0.5, 0.6) is 0 Å². The molecule has 0 radical (unpaired) electrons. The molecule has 0 bridgehead atoms. The highest BCUT2D eigenvalue weighted by Crippen LogP contribution is 2.28. The Balaban J connectivity index is 1.88. The Kier molecular flexibility index (Phi) is 3.92. The lowest BCUT2D eigenvalue weighted by Gasteiger charge is -2.20. The normalized spacial score (nSPS) is 10.5. The van der Waals surface area contributed by atoms with Crippen LogP contribution < -0.4 is 4.90 Å². The first-order valence-electron chi connectivity index (χ1n) is 7.30. The van der Waals surface area contributed by atoms with E-state index in [0.29, 0.717) is 5.69 Å². The molecule has 3 rings (SSSR count). The number of rotatable bonds is 3. The summed E-state index contributed by atoms with van der Waals surface area (Å²) < 4.78 is 13.9. The third-order valence-corrected chi connectivity index (χ3v) is 3.85. The Bertz CT molecular complexity index is 760. The molecule has 2 heteroatoms. The van der Waals surface area contributed by atoms with Crippen LogP contribution in [0.4, 0.5) is 15.8 Å². The molecule has 3 aromatic rings. The molecule has 0 aliphatic carbocycles. The Labute approximate surface area is 130 Å². The predicted molar refractivity (Wildman–Crippen MR) is 91.1 cm³/mol. The van der Waals surface area contributed by atoms with E-state index >= 15 is 0 Å². The van der Waals surface area contributed by atoms with Crippen molar-refractivity contribution in [2.24, 2.45) is 0 Å². The maximum atomic E-state index is 13.9. The first-order chi connectivity index (χ1) is 10.6. The zero-order chi connectivity index (χ0) is 15.5. The van der Waals surface area contributed by atoms with Crippen LogP contribution in [0.2, 0.25) is 0 Å². The molecular weight excluding hydrogens is 273 g/mol. The van der Waals surface area contributed by atoms with E-state index < -0.39 is 0 Å². The lowest BCUT2D eigenvalue weighted by molar-refractivity contribution is 0.627. The smallest absolute Gasteiger partial charge is 0.146 e. The van der Waals surface area contributed by atoms with Gasteiger partial charge < -0.3 is 4.90 Å². The fourth-order valence-electron chi connectivity index (χ4n) is 2.49. The maximum Gasteiger partial charge on any atom is 0.146 e. The third kappa shape index (κ3) is 2.86. The van der Waals surface area contributed by atoms with Crippen LogP contribution in [0.1, 0.15) is 5.56 Å². The van der Waals surface area contributed by atoms with Gasteiger partial charge in [0, 0.05) is 12.7 Å². The minimum absolute atomic E-state index is 0.215. The fourth-order valence-corrected chi connectivity index (χ4v) is 2.49. The molecule has 0 atom stereocenters. The van der Waals surface area contributed by atoms with E-state index in [0.717, 1.165) is 11.3 Å². The summed E-state index contributed by atoms with van der Waals surface area (Å²) >= 11 is 0. The molecule has 0 aliphatic heterocycles. The lowest BCUT2D eigenvalue weighted by Crippen LogP contribution is -2.10. The van der Waals surface area contributed by atoms with Gasteiger partial charge in [0.1, 0.15) is 5.82 Å². The molecule has 0 aliphatic rings. The summed E-state index contributed by atoms with van der Waals surface area (Å²) in [5.41, 5.74) is 5.13. The third-order valence-electron chi connectivity index (χ3n) is 3.85. The van der Waals surface area contributed by atoms with Crippen LogP contribution >= 0.6 is 0 Å². The monoisotopic (exact) mass is 291 g/mol. The summed E-state index contributed by atoms with van der Waals surface area (Å²) in [7, 11) is 1.87. The van der Waals surface area contributed by atoms with Crippen molar-refractivity contribution >= 4 is 11.4 Å². The maximum absolute atomic E-state index is 13.9. The van der Waals surface area contributed by atoms with Crippen molar-refractivity contribution in [1.29, 1.82) is 0 Å². The molecule has 1 nitrogen and oxygen atoms in total. The second kappa shape index (κ2) is 6.02. The van der Waals surface area contributed by atoms with E-state index in [-0.39, 0.29) is 5.82 Å². The molecule has 0 N–H and O–H groups in total. The summed E-state index contributed by atoms with van der Waals surface area (Å²) in [6.45, 7) is 2.08. The molecule has 0 fully saturated rings. The second-order valence-corrected chi connectivity index (χ2v) is 5.42. The lowest BCUT2D eigenvalue weighted by atomic mass is 10.0. The molecule has 3 aromatic carbocycles. The molecule has 0 heterocycles. The molecule has 22 heavy (non-hydrogen) atoms. The minimum Gasteiger partial charge on any atom is -0.342 e. The molecule has 0 unspecified atom stereocenters. The van der Waals surface area contributed by atoms with E-state index in [1.54, 1.807) is 12.1 Å². The predicted octanol–water partition coefficient (Wildman–Crippen LogP) is 5.57. The van der Waals surface area contributed by atoms with Gasteiger partial charge in [-0.25, -0.2) is 4.39 Å². The average molecular weight is 291 g/mol. The quantitative estimate of drug-likeness (QED) is 0.610. The van der Waals surface area contributed by atoms with Gasteiger partial charge in [0.2, 0.25) is 0 Å². The van der Waals surface area contributed by atoms with E-state index in [2.05, 4.69) is 43.3 Å². The summed E-state index contributed by atoms with van der Waals surface area (Å²) in [5.74, 6) is -0.215. The Morgan fingerprint density at radius 3 is 1.86 bits per heavy atom. The number of para-hydroxylation sites is 1. The van der Waals surface area contributed by atoms with Crippen LogP contribution in [-0.2, 0) is 0 Å². The SMILES string of the molecule is Cc1ccc(-c2ccc(N(C)c3ccccc3F)cc2)cc1. The molecule has 0 spiro atoms. The summed E-state index contributed by atoms with van der Waals surface area (Å²) in [6.07, 6.45) is 0. The van der Waals surface area contributed by atoms with Crippen molar-refractivity contribution in [2.45, 2.75) is 6.92 Å². The van der Waals surface area contributed by atoms with Crippen molar-refractivity contribution in [1.82, 2.24) is 0 Å². The van der Waals surface area contributed by atoms with Gasteiger partial charge in [-0.2, -0.15) is 0 Å². The highest BCUT2D eigenvalue weighted by Gasteiger charge is 2.08. The van der Waals surface area contributed by atoms with Gasteiger partial charge in [-0.3, -0.25) is 0 Å². The fraction of sp³-hybridized carbons (Fsp3) is 0.100. The number of halogens is 1. The molecule has 0 aromatic heterocycles. The van der Waals surface area contributed by atoms with Gasteiger partial charge in [-0.15, -0.1) is 0 Å². The van der Waals surface area contributed by atoms with Gasteiger partial charge in [-0.1, -0.05) is 54.1 Å². The summed E-state index contributed by atoms with van der Waals surface area (Å²) in [5, 5.41) is 0. The first kappa shape index (κ1) is 14.3. The van der Waals surface area contributed by atoms with E-state index in [1.165, 1.54) is 17.2 Å². The van der Waals surface area contributed by atoms with E-state index in [9.17, 15) is 4.39 Å². The number of benzene rings is 3. The van der Waals surface area contributed by atoms with Crippen molar-refractivity contribution < 1.29 is 4.39 Å². The molecule has 110 valence electrons. The largest absolute Gasteiger partial charge is 0.342 e. The standard InChI is InChI=1S/C20H18FN/c1-15-7-9-16(10-8-15)17-11-13-18(14-12-17)22(2)20-6-4-3-5-19(20)21/h3-14H,1-2H3. The number of hydrogen-bond acceptors (Lipinski definition) is 1. The molecule has 0 amide bonds. The van der Waals surface area contributed by atoms with E-state index in [4.69, 9.17) is 0 Å². The van der Waals surface area contributed by atoms with E-state index in [1.807, 2.05) is 30.1 Å². The molecule has 0 saturated carbocycles. The van der Waals surface area contributed by atoms with Crippen LogP contribution in [-0.4, -0.2) is 7.05 Å². The van der Waals surface area contributed by atoms with Gasteiger partial charge in [-0.05, 0) is 42.3 Å². The average Bonchev–Trinajstić information content (AvgIpc) is 2.56. The van der Waals surface area contributed by atoms with Gasteiger partial charge in [0.15, 0.2) is 0 Å². The van der Waals surface area contributed by atoms with Crippen molar-refractivity contribution in [2.75, 3.05) is 11.9 Å². The topological polar surface area (TPSA) is 3.24 Å². The Hall–Kier alpha value is -2.61. The van der Waals surface area contributed by atoms with Crippen LogP contribution in [0.3, 0.4) is 0 Å². The number of anilines is 2. The van der Waals surface area contributed by atoms with Crippen molar-refractivity contribution in [3.05, 3.63) is 84.2 Å². The number of nitrogens with zero attached hydrogens (tertiary/aromatic N) is 1. The number of aryl methyl sites for hydroxylation is 1. The zero-order valence-corrected chi connectivity index (χ0v) is 12.8. The first-order valence-corrected chi connectivity index (χ1v) is 7.30.